The van der Waals surface area contributed by atoms with Gasteiger partial charge in [0.1, 0.15) is 0 Å². The number of fused-ring (bicyclic) bond motifs is 1. The lowest BCUT2D eigenvalue weighted by Crippen LogP contribution is -2.49. The first-order valence-electron chi connectivity index (χ1n) is 13.3. The molecule has 6 heteroatoms. The molecule has 0 bridgehead atoms. The SMILES string of the molecule is COC(=O)CC1c2ccccc2N=C(N(C)CCN2CCCCC2)N1c1ccc(-c2ccccc2)cc1. The van der Waals surface area contributed by atoms with Gasteiger partial charge in [-0.05, 0) is 55.3 Å². The van der Waals surface area contributed by atoms with Crippen molar-refractivity contribution in [1.29, 1.82) is 0 Å². The fourth-order valence-electron chi connectivity index (χ4n) is 5.34. The van der Waals surface area contributed by atoms with Crippen LogP contribution in [-0.4, -0.2) is 62.1 Å². The predicted octanol–water partition coefficient (Wildman–Crippen LogP) is 5.88. The maximum absolute atomic E-state index is 12.6. The molecule has 1 unspecified atom stereocenters. The first-order valence-corrected chi connectivity index (χ1v) is 13.3. The molecule has 0 radical (unpaired) electrons. The summed E-state index contributed by atoms with van der Waals surface area (Å²) in [7, 11) is 3.56. The third kappa shape index (κ3) is 5.70. The summed E-state index contributed by atoms with van der Waals surface area (Å²) in [4.78, 5) is 24.7. The Kier molecular flexibility index (Phi) is 7.85. The summed E-state index contributed by atoms with van der Waals surface area (Å²) in [5.74, 6) is 0.625. The Bertz CT molecular complexity index is 1220. The number of hydrogen-bond donors (Lipinski definition) is 0. The number of carbonyl (C=O) groups excluding carboxylic acids is 1. The van der Waals surface area contributed by atoms with Crippen LogP contribution in [0.15, 0.2) is 83.9 Å². The van der Waals surface area contributed by atoms with Gasteiger partial charge in [-0.3, -0.25) is 4.79 Å². The van der Waals surface area contributed by atoms with Gasteiger partial charge >= 0.3 is 5.97 Å². The highest BCUT2D eigenvalue weighted by Gasteiger charge is 2.35. The van der Waals surface area contributed by atoms with Gasteiger partial charge < -0.3 is 19.4 Å². The molecule has 0 spiro atoms. The Labute approximate surface area is 220 Å². The summed E-state index contributed by atoms with van der Waals surface area (Å²) >= 11 is 0. The minimum Gasteiger partial charge on any atom is -0.469 e. The van der Waals surface area contributed by atoms with Crippen molar-refractivity contribution in [2.75, 3.05) is 45.2 Å². The standard InChI is InChI=1S/C31H36N4O2/c1-33(21-22-34-19-9-4-10-20-34)31-32-28-14-8-7-13-27(28)29(23-30(36)37-2)35(31)26-17-15-25(16-18-26)24-11-5-3-6-12-24/h3,5-8,11-18,29H,4,9-10,19-23H2,1-2H3. The molecule has 0 aliphatic carbocycles. The molecule has 1 fully saturated rings. The first kappa shape index (κ1) is 25.0. The highest BCUT2D eigenvalue weighted by Crippen LogP contribution is 2.40. The number of nitrogens with zero attached hydrogens (tertiary/aromatic N) is 4. The molecule has 2 aliphatic heterocycles. The molecule has 1 atom stereocenters. The molecule has 3 aromatic carbocycles. The van der Waals surface area contributed by atoms with Crippen LogP contribution in [0.25, 0.3) is 11.1 Å². The lowest BCUT2D eigenvalue weighted by atomic mass is 9.97. The zero-order valence-corrected chi connectivity index (χ0v) is 21.8. The lowest BCUT2D eigenvalue weighted by molar-refractivity contribution is -0.141. The molecular formula is C31H36N4O2. The van der Waals surface area contributed by atoms with Crippen molar-refractivity contribution in [3.8, 4) is 11.1 Å². The van der Waals surface area contributed by atoms with E-state index in [1.807, 2.05) is 24.3 Å². The second kappa shape index (κ2) is 11.6. The fraction of sp³-hybridized carbons (Fsp3) is 0.355. The number of hydrogen-bond acceptors (Lipinski definition) is 6. The molecule has 37 heavy (non-hydrogen) atoms. The van der Waals surface area contributed by atoms with Crippen molar-refractivity contribution in [2.45, 2.75) is 31.7 Å². The second-order valence-electron chi connectivity index (χ2n) is 9.87. The van der Waals surface area contributed by atoms with Crippen LogP contribution in [0.1, 0.15) is 37.3 Å². The van der Waals surface area contributed by atoms with E-state index < -0.39 is 0 Å². The summed E-state index contributed by atoms with van der Waals surface area (Å²) in [5.41, 5.74) is 5.29. The first-order chi connectivity index (χ1) is 18.1. The number of anilines is 1. The molecule has 5 rings (SSSR count). The quantitative estimate of drug-likeness (QED) is 0.382. The van der Waals surface area contributed by atoms with Crippen molar-refractivity contribution in [1.82, 2.24) is 9.80 Å². The van der Waals surface area contributed by atoms with E-state index in [1.165, 1.54) is 45.0 Å². The normalized spacial score (nSPS) is 17.6. The molecule has 0 N–H and O–H groups in total. The van der Waals surface area contributed by atoms with Crippen molar-refractivity contribution in [3.05, 3.63) is 84.4 Å². The topological polar surface area (TPSA) is 48.4 Å². The van der Waals surface area contributed by atoms with E-state index in [9.17, 15) is 4.79 Å². The van der Waals surface area contributed by atoms with Gasteiger partial charge in [0.25, 0.3) is 0 Å². The number of methoxy groups -OCH3 is 1. The number of rotatable bonds is 7. The fourth-order valence-corrected chi connectivity index (χ4v) is 5.34. The second-order valence-corrected chi connectivity index (χ2v) is 9.87. The van der Waals surface area contributed by atoms with Gasteiger partial charge in [-0.25, -0.2) is 4.99 Å². The van der Waals surface area contributed by atoms with Gasteiger partial charge in [-0.15, -0.1) is 0 Å². The number of likely N-dealkylation sites (tertiary alicyclic amines) is 1. The lowest BCUT2D eigenvalue weighted by Gasteiger charge is -2.41. The predicted molar refractivity (Wildman–Crippen MR) is 150 cm³/mol. The van der Waals surface area contributed by atoms with Crippen molar-refractivity contribution in [3.63, 3.8) is 0 Å². The van der Waals surface area contributed by atoms with Crippen molar-refractivity contribution >= 4 is 23.3 Å². The number of guanidine groups is 1. The number of ether oxygens (including phenoxy) is 1. The van der Waals surface area contributed by atoms with Crippen LogP contribution < -0.4 is 4.90 Å². The third-order valence-corrected chi connectivity index (χ3v) is 7.43. The Morgan fingerprint density at radius 3 is 2.32 bits per heavy atom. The highest BCUT2D eigenvalue weighted by molar-refractivity contribution is 6.01. The Balaban J connectivity index is 1.50. The van der Waals surface area contributed by atoms with Gasteiger partial charge in [0.2, 0.25) is 5.96 Å². The van der Waals surface area contributed by atoms with Crippen LogP contribution in [0.2, 0.25) is 0 Å². The van der Waals surface area contributed by atoms with Crippen LogP contribution >= 0.6 is 0 Å². The summed E-state index contributed by atoms with van der Waals surface area (Å²) in [6.07, 6.45) is 4.13. The molecule has 0 amide bonds. The van der Waals surface area contributed by atoms with E-state index in [0.717, 1.165) is 41.6 Å². The van der Waals surface area contributed by atoms with E-state index >= 15 is 0 Å². The average molecular weight is 497 g/mol. The summed E-state index contributed by atoms with van der Waals surface area (Å²) in [6, 6.07) is 26.9. The van der Waals surface area contributed by atoms with Gasteiger partial charge in [0.05, 0.1) is 25.3 Å². The van der Waals surface area contributed by atoms with Crippen LogP contribution in [0.4, 0.5) is 11.4 Å². The summed E-state index contributed by atoms with van der Waals surface area (Å²) in [5, 5.41) is 0. The molecule has 0 saturated carbocycles. The number of piperidine rings is 1. The zero-order valence-electron chi connectivity index (χ0n) is 21.8. The minimum absolute atomic E-state index is 0.212. The largest absolute Gasteiger partial charge is 0.469 e. The molecular weight excluding hydrogens is 460 g/mol. The summed E-state index contributed by atoms with van der Waals surface area (Å²) in [6.45, 7) is 4.20. The molecule has 0 aromatic heterocycles. The van der Waals surface area contributed by atoms with E-state index in [-0.39, 0.29) is 18.4 Å². The zero-order chi connectivity index (χ0) is 25.6. The van der Waals surface area contributed by atoms with Gasteiger partial charge in [0, 0.05) is 31.4 Å². The smallest absolute Gasteiger partial charge is 0.307 e. The Hall–Kier alpha value is -3.64. The van der Waals surface area contributed by atoms with Crippen LogP contribution in [0.5, 0.6) is 0 Å². The Morgan fingerprint density at radius 1 is 0.919 bits per heavy atom. The molecule has 2 aliphatic rings. The maximum atomic E-state index is 12.6. The monoisotopic (exact) mass is 496 g/mol. The maximum Gasteiger partial charge on any atom is 0.307 e. The van der Waals surface area contributed by atoms with Crippen LogP contribution in [-0.2, 0) is 9.53 Å². The van der Waals surface area contributed by atoms with Gasteiger partial charge in [-0.1, -0.05) is 67.1 Å². The van der Waals surface area contributed by atoms with Crippen LogP contribution in [0.3, 0.4) is 0 Å². The van der Waals surface area contributed by atoms with Gasteiger partial charge in [-0.2, -0.15) is 0 Å². The van der Waals surface area contributed by atoms with Crippen molar-refractivity contribution in [2.24, 2.45) is 4.99 Å². The van der Waals surface area contributed by atoms with E-state index in [2.05, 4.69) is 76.3 Å². The molecule has 1 saturated heterocycles. The molecule has 192 valence electrons. The number of benzene rings is 3. The van der Waals surface area contributed by atoms with Crippen molar-refractivity contribution < 1.29 is 9.53 Å². The van der Waals surface area contributed by atoms with Gasteiger partial charge in [0.15, 0.2) is 0 Å². The third-order valence-electron chi connectivity index (χ3n) is 7.43. The summed E-state index contributed by atoms with van der Waals surface area (Å²) < 4.78 is 5.13. The van der Waals surface area contributed by atoms with E-state index in [4.69, 9.17) is 9.73 Å². The number of para-hydroxylation sites is 1. The molecule has 3 aromatic rings. The molecule has 2 heterocycles. The Morgan fingerprint density at radius 2 is 1.59 bits per heavy atom. The number of aliphatic imine (C=N–C) groups is 1. The highest BCUT2D eigenvalue weighted by atomic mass is 16.5. The molecule has 6 nitrogen and oxygen atoms in total. The number of likely N-dealkylation sites (N-methyl/N-ethyl adjacent to an activating group) is 1. The van der Waals surface area contributed by atoms with E-state index in [0.29, 0.717) is 0 Å². The average Bonchev–Trinajstić information content (AvgIpc) is 2.96. The van der Waals surface area contributed by atoms with E-state index in [1.54, 1.807) is 0 Å². The minimum atomic E-state index is -0.233. The van der Waals surface area contributed by atoms with Crippen LogP contribution in [0, 0.1) is 0 Å². The number of carbonyl (C=O) groups is 1. The number of esters is 1.